The van der Waals surface area contributed by atoms with Crippen LogP contribution in [0.15, 0.2) is 47.6 Å². The number of nitrogens with two attached hydrogens (primary N) is 1. The number of halogens is 1. The molecule has 2 N–H and O–H groups in total. The van der Waals surface area contributed by atoms with Gasteiger partial charge >= 0.3 is 0 Å². The molecule has 4 heteroatoms. The Morgan fingerprint density at radius 2 is 2.11 bits per heavy atom. The third kappa shape index (κ3) is 3.48. The number of rotatable bonds is 4. The highest BCUT2D eigenvalue weighted by molar-refractivity contribution is 7.98. The number of thioether (sulfide) groups is 1. The van der Waals surface area contributed by atoms with E-state index < -0.39 is 0 Å². The summed E-state index contributed by atoms with van der Waals surface area (Å²) in [5.41, 5.74) is 8.08. The topological polar surface area (TPSA) is 38.9 Å². The van der Waals surface area contributed by atoms with Gasteiger partial charge in [0.1, 0.15) is 0 Å². The Bertz CT molecular complexity index is 529. The molecule has 1 aromatic carbocycles. The molecule has 0 aliphatic rings. The molecule has 1 atom stereocenters. The van der Waals surface area contributed by atoms with E-state index in [1.807, 2.05) is 43.3 Å². The van der Waals surface area contributed by atoms with Gasteiger partial charge < -0.3 is 5.73 Å². The first-order valence-electron chi connectivity index (χ1n) is 5.74. The Morgan fingerprint density at radius 3 is 2.83 bits per heavy atom. The van der Waals surface area contributed by atoms with Gasteiger partial charge in [0.05, 0.1) is 5.03 Å². The molecule has 1 heterocycles. The average molecular weight is 279 g/mol. The van der Waals surface area contributed by atoms with Gasteiger partial charge in [0.15, 0.2) is 0 Å². The summed E-state index contributed by atoms with van der Waals surface area (Å²) in [5.74, 6) is 0.815. The van der Waals surface area contributed by atoms with Gasteiger partial charge in [0.2, 0.25) is 0 Å². The molecular weight excluding hydrogens is 264 g/mol. The quantitative estimate of drug-likeness (QED) is 0.858. The van der Waals surface area contributed by atoms with Crippen LogP contribution < -0.4 is 5.73 Å². The summed E-state index contributed by atoms with van der Waals surface area (Å²) in [7, 11) is 0. The van der Waals surface area contributed by atoms with Gasteiger partial charge in [-0.1, -0.05) is 29.8 Å². The van der Waals surface area contributed by atoms with Gasteiger partial charge in [-0.2, -0.15) is 0 Å². The zero-order valence-corrected chi connectivity index (χ0v) is 11.7. The largest absolute Gasteiger partial charge is 0.324 e. The van der Waals surface area contributed by atoms with Crippen LogP contribution in [0.5, 0.6) is 0 Å². The standard InChI is InChI=1S/C14H15ClN2S/c1-10(16)11-6-7-17-14(8-11)18-9-12-4-2-3-5-13(12)15/h2-8,10H,9,16H2,1H3/t10-/m0/s1. The number of pyridine rings is 1. The van der Waals surface area contributed by atoms with Gasteiger partial charge in [0, 0.05) is 23.0 Å². The predicted octanol–water partition coefficient (Wildman–Crippen LogP) is 4.05. The zero-order valence-electron chi connectivity index (χ0n) is 10.1. The van der Waals surface area contributed by atoms with E-state index in [0.717, 1.165) is 26.9 Å². The Labute approximate surface area is 117 Å². The molecule has 2 aromatic rings. The Morgan fingerprint density at radius 1 is 1.33 bits per heavy atom. The summed E-state index contributed by atoms with van der Waals surface area (Å²) < 4.78 is 0. The van der Waals surface area contributed by atoms with Gasteiger partial charge in [-0.05, 0) is 36.2 Å². The maximum atomic E-state index is 6.12. The molecular formula is C14H15ClN2S. The van der Waals surface area contributed by atoms with Crippen molar-refractivity contribution < 1.29 is 0 Å². The lowest BCUT2D eigenvalue weighted by molar-refractivity contribution is 0.808. The Kier molecular flexibility index (Phi) is 4.64. The zero-order chi connectivity index (χ0) is 13.0. The van der Waals surface area contributed by atoms with Crippen molar-refractivity contribution in [3.63, 3.8) is 0 Å². The number of nitrogens with zero attached hydrogens (tertiary/aromatic N) is 1. The van der Waals surface area contributed by atoms with Crippen molar-refractivity contribution >= 4 is 23.4 Å². The third-order valence-electron chi connectivity index (χ3n) is 2.62. The summed E-state index contributed by atoms with van der Waals surface area (Å²) in [6.45, 7) is 1.97. The maximum Gasteiger partial charge on any atom is 0.0966 e. The second-order valence-electron chi connectivity index (χ2n) is 4.10. The lowest BCUT2D eigenvalue weighted by atomic mass is 10.1. The highest BCUT2D eigenvalue weighted by Crippen LogP contribution is 2.26. The number of aromatic nitrogens is 1. The summed E-state index contributed by atoms with van der Waals surface area (Å²) in [5, 5.41) is 1.78. The van der Waals surface area contributed by atoms with Crippen LogP contribution in [0, 0.1) is 0 Å². The molecule has 0 radical (unpaired) electrons. The molecule has 0 fully saturated rings. The van der Waals surface area contributed by atoms with E-state index in [-0.39, 0.29) is 6.04 Å². The molecule has 0 amide bonds. The second-order valence-corrected chi connectivity index (χ2v) is 5.50. The molecule has 0 bridgehead atoms. The molecule has 2 rings (SSSR count). The first-order valence-corrected chi connectivity index (χ1v) is 7.11. The monoisotopic (exact) mass is 278 g/mol. The van der Waals surface area contributed by atoms with Gasteiger partial charge in [-0.15, -0.1) is 11.8 Å². The minimum Gasteiger partial charge on any atom is -0.324 e. The number of benzene rings is 1. The minimum absolute atomic E-state index is 0.0349. The van der Waals surface area contributed by atoms with Gasteiger partial charge in [0.25, 0.3) is 0 Å². The summed E-state index contributed by atoms with van der Waals surface area (Å²) >= 11 is 7.79. The van der Waals surface area contributed by atoms with Crippen molar-refractivity contribution in [1.29, 1.82) is 0 Å². The fourth-order valence-electron chi connectivity index (χ4n) is 1.55. The molecule has 94 valence electrons. The first-order chi connectivity index (χ1) is 8.66. The smallest absolute Gasteiger partial charge is 0.0966 e. The minimum atomic E-state index is 0.0349. The highest BCUT2D eigenvalue weighted by atomic mass is 35.5. The van der Waals surface area contributed by atoms with Crippen molar-refractivity contribution in [1.82, 2.24) is 4.98 Å². The molecule has 1 aromatic heterocycles. The average Bonchev–Trinajstić information content (AvgIpc) is 2.38. The van der Waals surface area contributed by atoms with Crippen LogP contribution >= 0.6 is 23.4 Å². The van der Waals surface area contributed by atoms with E-state index in [2.05, 4.69) is 4.98 Å². The lowest BCUT2D eigenvalue weighted by Crippen LogP contribution is -2.05. The fraction of sp³-hybridized carbons (Fsp3) is 0.214. The summed E-state index contributed by atoms with van der Waals surface area (Å²) in [6.07, 6.45) is 1.80. The number of hydrogen-bond donors (Lipinski definition) is 1. The number of hydrogen-bond acceptors (Lipinski definition) is 3. The molecule has 18 heavy (non-hydrogen) atoms. The van der Waals surface area contributed by atoms with Crippen LogP contribution in [-0.4, -0.2) is 4.98 Å². The fourth-order valence-corrected chi connectivity index (χ4v) is 2.75. The van der Waals surface area contributed by atoms with E-state index in [1.54, 1.807) is 18.0 Å². The molecule has 0 unspecified atom stereocenters. The molecule has 0 aliphatic carbocycles. The summed E-state index contributed by atoms with van der Waals surface area (Å²) in [6, 6.07) is 11.9. The Hall–Kier alpha value is -1.03. The van der Waals surface area contributed by atoms with Crippen molar-refractivity contribution in [2.45, 2.75) is 23.7 Å². The Balaban J connectivity index is 2.07. The van der Waals surface area contributed by atoms with E-state index in [4.69, 9.17) is 17.3 Å². The van der Waals surface area contributed by atoms with Crippen LogP contribution in [0.3, 0.4) is 0 Å². The predicted molar refractivity (Wildman–Crippen MR) is 77.9 cm³/mol. The van der Waals surface area contributed by atoms with E-state index >= 15 is 0 Å². The first kappa shape index (κ1) is 13.4. The highest BCUT2D eigenvalue weighted by Gasteiger charge is 2.04. The molecule has 0 saturated carbocycles. The molecule has 0 spiro atoms. The van der Waals surface area contributed by atoms with E-state index in [9.17, 15) is 0 Å². The van der Waals surface area contributed by atoms with Crippen LogP contribution in [0.1, 0.15) is 24.1 Å². The van der Waals surface area contributed by atoms with Crippen molar-refractivity contribution in [2.24, 2.45) is 5.73 Å². The second kappa shape index (κ2) is 6.23. The molecule has 2 nitrogen and oxygen atoms in total. The lowest BCUT2D eigenvalue weighted by Gasteiger charge is -2.07. The SMILES string of the molecule is C[C@H](N)c1ccnc(SCc2ccccc2Cl)c1. The van der Waals surface area contributed by atoms with Crippen LogP contribution in [0.4, 0.5) is 0 Å². The van der Waals surface area contributed by atoms with E-state index in [0.29, 0.717) is 0 Å². The van der Waals surface area contributed by atoms with Crippen molar-refractivity contribution in [3.8, 4) is 0 Å². The van der Waals surface area contributed by atoms with Crippen LogP contribution in [-0.2, 0) is 5.75 Å². The molecule has 0 saturated heterocycles. The third-order valence-corrected chi connectivity index (χ3v) is 3.96. The molecule has 0 aliphatic heterocycles. The van der Waals surface area contributed by atoms with Crippen LogP contribution in [0.2, 0.25) is 5.02 Å². The van der Waals surface area contributed by atoms with Gasteiger partial charge in [-0.3, -0.25) is 0 Å². The maximum absolute atomic E-state index is 6.12. The van der Waals surface area contributed by atoms with Crippen LogP contribution in [0.25, 0.3) is 0 Å². The summed E-state index contributed by atoms with van der Waals surface area (Å²) in [4.78, 5) is 4.33. The van der Waals surface area contributed by atoms with Crippen molar-refractivity contribution in [2.75, 3.05) is 0 Å². The van der Waals surface area contributed by atoms with E-state index in [1.165, 1.54) is 0 Å². The van der Waals surface area contributed by atoms with Crippen molar-refractivity contribution in [3.05, 3.63) is 58.7 Å². The normalized spacial score (nSPS) is 12.4. The van der Waals surface area contributed by atoms with Gasteiger partial charge in [-0.25, -0.2) is 4.98 Å².